The van der Waals surface area contributed by atoms with E-state index in [0.29, 0.717) is 0 Å². The molecule has 1 aromatic rings. The number of carbonyl (C=O) groups excluding carboxylic acids is 1. The van der Waals surface area contributed by atoms with Gasteiger partial charge in [0.25, 0.3) is 0 Å². The molecule has 0 atom stereocenters. The van der Waals surface area contributed by atoms with Gasteiger partial charge < -0.3 is 4.84 Å². The first-order chi connectivity index (χ1) is 7.70. The van der Waals surface area contributed by atoms with Crippen LogP contribution in [-0.2, 0) is 9.63 Å². The Hall–Kier alpha value is -1.64. The molecule has 88 valence electrons. The lowest BCUT2D eigenvalue weighted by Crippen LogP contribution is -2.07. The van der Waals surface area contributed by atoms with E-state index in [2.05, 4.69) is 9.99 Å². The van der Waals surface area contributed by atoms with Gasteiger partial charge in [-0.2, -0.15) is 0 Å². The van der Waals surface area contributed by atoms with E-state index in [1.54, 1.807) is 13.8 Å². The van der Waals surface area contributed by atoms with Crippen LogP contribution >= 0.6 is 0 Å². The van der Waals surface area contributed by atoms with Crippen molar-refractivity contribution in [2.45, 2.75) is 27.7 Å². The van der Waals surface area contributed by atoms with Crippen LogP contribution in [0.2, 0.25) is 0 Å². The third-order valence-electron chi connectivity index (χ3n) is 1.62. The molecule has 0 aromatic heterocycles. The molecule has 0 fully saturated rings. The lowest BCUT2D eigenvalue weighted by molar-refractivity contribution is -0.147. The fourth-order valence-corrected chi connectivity index (χ4v) is 0.784. The van der Waals surface area contributed by atoms with Gasteiger partial charge in [0, 0.05) is 0 Å². The summed E-state index contributed by atoms with van der Waals surface area (Å²) in [5, 5.41) is 3.59. The Morgan fingerprint density at radius 2 is 1.81 bits per heavy atom. The fraction of sp³-hybridized carbons (Fsp3) is 0.385. The highest BCUT2D eigenvalue weighted by Gasteiger charge is 2.06. The average Bonchev–Trinajstić information content (AvgIpc) is 2.33. The Labute approximate surface area is 97.1 Å². The predicted molar refractivity (Wildman–Crippen MR) is 66.3 cm³/mol. The summed E-state index contributed by atoms with van der Waals surface area (Å²) in [6.07, 6.45) is 1.51. The van der Waals surface area contributed by atoms with Crippen LogP contribution in [-0.4, -0.2) is 12.2 Å². The van der Waals surface area contributed by atoms with Crippen molar-refractivity contribution in [3.8, 4) is 0 Å². The molecule has 0 heterocycles. The van der Waals surface area contributed by atoms with Crippen LogP contribution in [0, 0.1) is 5.92 Å². The van der Waals surface area contributed by atoms with Gasteiger partial charge in [-0.25, -0.2) is 4.79 Å². The first-order valence-corrected chi connectivity index (χ1v) is 5.49. The summed E-state index contributed by atoms with van der Waals surface area (Å²) in [7, 11) is 0. The number of rotatable bonds is 3. The summed E-state index contributed by atoms with van der Waals surface area (Å²) in [6.45, 7) is 7.53. The van der Waals surface area contributed by atoms with Crippen molar-refractivity contribution in [3.05, 3.63) is 35.9 Å². The molecule has 0 aliphatic carbocycles. The van der Waals surface area contributed by atoms with Gasteiger partial charge in [-0.3, -0.25) is 0 Å². The first-order valence-electron chi connectivity index (χ1n) is 5.49. The van der Waals surface area contributed by atoms with Crippen LogP contribution in [0.1, 0.15) is 33.3 Å². The average molecular weight is 221 g/mol. The molecule has 0 radical (unpaired) electrons. The second-order valence-corrected chi connectivity index (χ2v) is 3.21. The Balaban J connectivity index is 0.00000106. The first kappa shape index (κ1) is 14.4. The summed E-state index contributed by atoms with van der Waals surface area (Å²) < 4.78 is 0. The van der Waals surface area contributed by atoms with Gasteiger partial charge in [0.2, 0.25) is 0 Å². The van der Waals surface area contributed by atoms with E-state index in [9.17, 15) is 4.79 Å². The molecule has 1 aromatic carbocycles. The van der Waals surface area contributed by atoms with Crippen molar-refractivity contribution >= 4 is 12.2 Å². The second-order valence-electron chi connectivity index (χ2n) is 3.21. The van der Waals surface area contributed by atoms with E-state index in [0.717, 1.165) is 5.56 Å². The van der Waals surface area contributed by atoms with E-state index in [4.69, 9.17) is 0 Å². The Bertz CT molecular complexity index is 318. The standard InChI is InChI=1S/C11H13NO2.C2H6/c1-9(2)11(13)14-12-8-10-6-4-3-5-7-10;1-2/h3-9H,1-2H3;1-2H3/b12-8+;. The maximum atomic E-state index is 11.0. The van der Waals surface area contributed by atoms with Gasteiger partial charge in [-0.1, -0.05) is 63.2 Å². The summed E-state index contributed by atoms with van der Waals surface area (Å²) >= 11 is 0. The molecule has 3 nitrogen and oxygen atoms in total. The summed E-state index contributed by atoms with van der Waals surface area (Å²) in [5.41, 5.74) is 0.907. The van der Waals surface area contributed by atoms with Crippen molar-refractivity contribution < 1.29 is 9.63 Å². The molecule has 0 N–H and O–H groups in total. The second kappa shape index (κ2) is 8.65. The minimum atomic E-state index is -0.322. The van der Waals surface area contributed by atoms with Crippen molar-refractivity contribution in [1.82, 2.24) is 0 Å². The summed E-state index contributed by atoms with van der Waals surface area (Å²) in [4.78, 5) is 15.6. The molecule has 1 rings (SSSR count). The molecule has 0 saturated heterocycles. The fourth-order valence-electron chi connectivity index (χ4n) is 0.784. The van der Waals surface area contributed by atoms with Gasteiger partial charge in [0.05, 0.1) is 12.1 Å². The molecule has 0 aliphatic rings. The topological polar surface area (TPSA) is 38.7 Å². The van der Waals surface area contributed by atoms with Crippen molar-refractivity contribution in [1.29, 1.82) is 0 Å². The highest BCUT2D eigenvalue weighted by molar-refractivity contribution is 5.80. The van der Waals surface area contributed by atoms with E-state index >= 15 is 0 Å². The number of hydrogen-bond donors (Lipinski definition) is 0. The van der Waals surface area contributed by atoms with Gasteiger partial charge in [0.15, 0.2) is 0 Å². The van der Waals surface area contributed by atoms with Crippen molar-refractivity contribution in [2.24, 2.45) is 11.1 Å². The number of benzene rings is 1. The Morgan fingerprint density at radius 1 is 1.25 bits per heavy atom. The van der Waals surface area contributed by atoms with Gasteiger partial charge in [-0.15, -0.1) is 0 Å². The molecule has 16 heavy (non-hydrogen) atoms. The third kappa shape index (κ3) is 5.96. The number of oxime groups is 1. The molecule has 0 bridgehead atoms. The summed E-state index contributed by atoms with van der Waals surface area (Å²) in [6, 6.07) is 9.47. The van der Waals surface area contributed by atoms with Gasteiger partial charge in [-0.05, 0) is 5.56 Å². The predicted octanol–water partition coefficient (Wildman–Crippen LogP) is 3.25. The summed E-state index contributed by atoms with van der Waals surface area (Å²) in [5.74, 6) is -0.472. The highest BCUT2D eigenvalue weighted by Crippen LogP contribution is 1.97. The quantitative estimate of drug-likeness (QED) is 0.446. The van der Waals surface area contributed by atoms with Crippen LogP contribution in [0.25, 0.3) is 0 Å². The highest BCUT2D eigenvalue weighted by atomic mass is 16.7. The van der Waals surface area contributed by atoms with Crippen LogP contribution in [0.3, 0.4) is 0 Å². The molecule has 0 amide bonds. The number of carbonyl (C=O) groups is 1. The molecular weight excluding hydrogens is 202 g/mol. The van der Waals surface area contributed by atoms with E-state index in [-0.39, 0.29) is 11.9 Å². The third-order valence-corrected chi connectivity index (χ3v) is 1.62. The van der Waals surface area contributed by atoms with E-state index in [1.807, 2.05) is 44.2 Å². The minimum absolute atomic E-state index is 0.150. The smallest absolute Gasteiger partial charge is 0.318 e. The molecule has 0 saturated carbocycles. The van der Waals surface area contributed by atoms with E-state index < -0.39 is 0 Å². The van der Waals surface area contributed by atoms with Crippen molar-refractivity contribution in [3.63, 3.8) is 0 Å². The minimum Gasteiger partial charge on any atom is -0.318 e. The zero-order chi connectivity index (χ0) is 12.4. The Kier molecular flexibility index (Phi) is 7.76. The maximum absolute atomic E-state index is 11.0. The monoisotopic (exact) mass is 221 g/mol. The zero-order valence-corrected chi connectivity index (χ0v) is 10.3. The van der Waals surface area contributed by atoms with Gasteiger partial charge in [0.1, 0.15) is 0 Å². The molecule has 0 spiro atoms. The SMILES string of the molecule is CC.CC(C)C(=O)O/N=C/c1ccccc1. The van der Waals surface area contributed by atoms with Crippen LogP contribution in [0.5, 0.6) is 0 Å². The maximum Gasteiger partial charge on any atom is 0.337 e. The lowest BCUT2D eigenvalue weighted by Gasteiger charge is -1.98. The molecular formula is C13H19NO2. The number of hydrogen-bond acceptors (Lipinski definition) is 3. The van der Waals surface area contributed by atoms with Crippen LogP contribution < -0.4 is 0 Å². The lowest BCUT2D eigenvalue weighted by atomic mass is 10.2. The van der Waals surface area contributed by atoms with Crippen molar-refractivity contribution in [2.75, 3.05) is 0 Å². The van der Waals surface area contributed by atoms with Crippen LogP contribution in [0.4, 0.5) is 0 Å². The zero-order valence-electron chi connectivity index (χ0n) is 10.3. The normalized spacial score (nSPS) is 9.81. The molecule has 0 unspecified atom stereocenters. The van der Waals surface area contributed by atoms with Crippen LogP contribution in [0.15, 0.2) is 35.5 Å². The van der Waals surface area contributed by atoms with Gasteiger partial charge >= 0.3 is 5.97 Å². The molecule has 3 heteroatoms. The molecule has 0 aliphatic heterocycles. The largest absolute Gasteiger partial charge is 0.337 e. The van der Waals surface area contributed by atoms with E-state index in [1.165, 1.54) is 6.21 Å². The Morgan fingerprint density at radius 3 is 2.31 bits per heavy atom. The number of nitrogens with zero attached hydrogens (tertiary/aromatic N) is 1.